The van der Waals surface area contributed by atoms with Gasteiger partial charge in [0.05, 0.1) is 0 Å². The minimum absolute atomic E-state index is 0.500. The van der Waals surface area contributed by atoms with Crippen LogP contribution in [0.1, 0.15) is 5.56 Å². The topological polar surface area (TPSA) is 38.9 Å². The van der Waals surface area contributed by atoms with Gasteiger partial charge in [0.25, 0.3) is 0 Å². The van der Waals surface area contributed by atoms with E-state index in [1.165, 1.54) is 6.39 Å². The maximum absolute atomic E-state index is 5.94. The Hall–Kier alpha value is -1.35. The van der Waals surface area contributed by atoms with Gasteiger partial charge in [-0.1, -0.05) is 17.7 Å². The molecule has 0 aliphatic heterocycles. The maximum Gasteiger partial charge on any atom is 0.247 e. The summed E-state index contributed by atoms with van der Waals surface area (Å²) in [7, 11) is 0. The summed E-state index contributed by atoms with van der Waals surface area (Å²) in [5, 5.41) is 8.13. The molecule has 1 aromatic heterocycles. The van der Waals surface area contributed by atoms with E-state index in [0.29, 0.717) is 10.9 Å². The third kappa shape index (κ3) is 1.42. The van der Waals surface area contributed by atoms with Crippen LogP contribution in [0.5, 0.6) is 0 Å². The van der Waals surface area contributed by atoms with Crippen molar-refractivity contribution in [3.8, 4) is 11.5 Å². The molecule has 0 atom stereocenters. The molecule has 66 valence electrons. The highest BCUT2D eigenvalue weighted by atomic mass is 35.5. The zero-order chi connectivity index (χ0) is 9.26. The molecule has 1 aromatic carbocycles. The average molecular weight is 195 g/mol. The van der Waals surface area contributed by atoms with Crippen LogP contribution in [0.15, 0.2) is 29.0 Å². The van der Waals surface area contributed by atoms with Crippen LogP contribution in [0, 0.1) is 6.92 Å². The van der Waals surface area contributed by atoms with Crippen LogP contribution in [-0.2, 0) is 0 Å². The molecule has 0 amide bonds. The smallest absolute Gasteiger partial charge is 0.247 e. The highest BCUT2D eigenvalue weighted by molar-refractivity contribution is 6.31. The molecule has 0 N–H and O–H groups in total. The van der Waals surface area contributed by atoms with Crippen LogP contribution in [0.4, 0.5) is 0 Å². The standard InChI is InChI=1S/C9H7ClN2O/c1-6-7(3-2-4-8(6)10)9-12-11-5-13-9/h2-5H,1H3. The van der Waals surface area contributed by atoms with Gasteiger partial charge in [0.2, 0.25) is 12.3 Å². The number of hydrogen-bond donors (Lipinski definition) is 0. The first-order chi connectivity index (χ1) is 6.29. The third-order valence-electron chi connectivity index (χ3n) is 1.86. The lowest BCUT2D eigenvalue weighted by Crippen LogP contribution is -1.84. The van der Waals surface area contributed by atoms with Crippen LogP contribution in [-0.4, -0.2) is 10.2 Å². The number of halogens is 1. The summed E-state index contributed by atoms with van der Waals surface area (Å²) in [6, 6.07) is 5.58. The number of benzene rings is 1. The summed E-state index contributed by atoms with van der Waals surface area (Å²) >= 11 is 5.94. The van der Waals surface area contributed by atoms with Crippen molar-refractivity contribution in [1.29, 1.82) is 0 Å². The zero-order valence-corrected chi connectivity index (χ0v) is 7.75. The summed E-state index contributed by atoms with van der Waals surface area (Å²) < 4.78 is 5.07. The lowest BCUT2D eigenvalue weighted by atomic mass is 10.1. The maximum atomic E-state index is 5.94. The Morgan fingerprint density at radius 2 is 2.23 bits per heavy atom. The average Bonchev–Trinajstić information content (AvgIpc) is 2.62. The number of rotatable bonds is 1. The van der Waals surface area contributed by atoms with Gasteiger partial charge < -0.3 is 4.42 Å². The SMILES string of the molecule is Cc1c(Cl)cccc1-c1nnco1. The second-order valence-electron chi connectivity index (χ2n) is 2.66. The first kappa shape index (κ1) is 8.26. The first-order valence-corrected chi connectivity index (χ1v) is 4.18. The largest absolute Gasteiger partial charge is 0.423 e. The fourth-order valence-corrected chi connectivity index (χ4v) is 1.30. The molecule has 4 heteroatoms. The molecule has 0 unspecified atom stereocenters. The van der Waals surface area contributed by atoms with Crippen molar-refractivity contribution in [2.24, 2.45) is 0 Å². The van der Waals surface area contributed by atoms with Gasteiger partial charge in [-0.15, -0.1) is 10.2 Å². The highest BCUT2D eigenvalue weighted by Gasteiger charge is 2.08. The lowest BCUT2D eigenvalue weighted by molar-refractivity contribution is 0.568. The predicted octanol–water partition coefficient (Wildman–Crippen LogP) is 2.70. The van der Waals surface area contributed by atoms with Crippen molar-refractivity contribution < 1.29 is 4.42 Å². The Morgan fingerprint density at radius 1 is 1.38 bits per heavy atom. The van der Waals surface area contributed by atoms with E-state index in [9.17, 15) is 0 Å². The summed E-state index contributed by atoms with van der Waals surface area (Å²) in [5.74, 6) is 0.500. The van der Waals surface area contributed by atoms with Crippen LogP contribution in [0.25, 0.3) is 11.5 Å². The van der Waals surface area contributed by atoms with Gasteiger partial charge in [-0.3, -0.25) is 0 Å². The van der Waals surface area contributed by atoms with Gasteiger partial charge >= 0.3 is 0 Å². The van der Waals surface area contributed by atoms with Crippen LogP contribution >= 0.6 is 11.6 Å². The normalized spacial score (nSPS) is 10.3. The molecule has 0 saturated heterocycles. The molecular formula is C9H7ClN2O. The van der Waals surface area contributed by atoms with Crippen molar-refractivity contribution >= 4 is 11.6 Å². The summed E-state index contributed by atoms with van der Waals surface area (Å²) in [4.78, 5) is 0. The van der Waals surface area contributed by atoms with Gasteiger partial charge in [-0.05, 0) is 24.6 Å². The van der Waals surface area contributed by atoms with Gasteiger partial charge in [0.15, 0.2) is 0 Å². The minimum Gasteiger partial charge on any atom is -0.423 e. The Morgan fingerprint density at radius 3 is 2.92 bits per heavy atom. The molecule has 0 fully saturated rings. The van der Waals surface area contributed by atoms with Crippen LogP contribution in [0.3, 0.4) is 0 Å². The van der Waals surface area contributed by atoms with E-state index in [1.807, 2.05) is 25.1 Å². The molecule has 2 aromatic rings. The van der Waals surface area contributed by atoms with E-state index in [0.717, 1.165) is 11.1 Å². The van der Waals surface area contributed by atoms with Crippen LogP contribution in [0.2, 0.25) is 5.02 Å². The number of nitrogens with zero attached hydrogens (tertiary/aromatic N) is 2. The summed E-state index contributed by atoms with van der Waals surface area (Å²) in [5.41, 5.74) is 1.83. The van der Waals surface area contributed by atoms with Gasteiger partial charge in [-0.25, -0.2) is 0 Å². The molecular weight excluding hydrogens is 188 g/mol. The fraction of sp³-hybridized carbons (Fsp3) is 0.111. The Kier molecular flexibility index (Phi) is 2.02. The van der Waals surface area contributed by atoms with Gasteiger partial charge in [0.1, 0.15) is 0 Å². The van der Waals surface area contributed by atoms with Crippen molar-refractivity contribution in [3.63, 3.8) is 0 Å². The highest BCUT2D eigenvalue weighted by Crippen LogP contribution is 2.26. The molecule has 2 rings (SSSR count). The third-order valence-corrected chi connectivity index (χ3v) is 2.27. The lowest BCUT2D eigenvalue weighted by Gasteiger charge is -2.01. The van der Waals surface area contributed by atoms with Crippen molar-refractivity contribution in [1.82, 2.24) is 10.2 Å². The Balaban J connectivity index is 2.59. The van der Waals surface area contributed by atoms with E-state index < -0.39 is 0 Å². The van der Waals surface area contributed by atoms with Gasteiger partial charge in [-0.2, -0.15) is 0 Å². The van der Waals surface area contributed by atoms with E-state index in [1.54, 1.807) is 0 Å². The quantitative estimate of drug-likeness (QED) is 0.701. The Bertz CT molecular complexity index is 412. The van der Waals surface area contributed by atoms with Gasteiger partial charge in [0, 0.05) is 10.6 Å². The summed E-state index contributed by atoms with van der Waals surface area (Å²) in [6.45, 7) is 1.92. The van der Waals surface area contributed by atoms with E-state index >= 15 is 0 Å². The molecule has 3 nitrogen and oxygen atoms in total. The molecule has 0 radical (unpaired) electrons. The van der Waals surface area contributed by atoms with Crippen molar-refractivity contribution in [2.75, 3.05) is 0 Å². The molecule has 13 heavy (non-hydrogen) atoms. The number of hydrogen-bond acceptors (Lipinski definition) is 3. The molecule has 0 aliphatic rings. The molecule has 0 aliphatic carbocycles. The molecule has 0 bridgehead atoms. The Labute approximate surface area is 80.4 Å². The first-order valence-electron chi connectivity index (χ1n) is 3.80. The minimum atomic E-state index is 0.500. The summed E-state index contributed by atoms with van der Waals surface area (Å²) in [6.07, 6.45) is 1.30. The number of aromatic nitrogens is 2. The molecule has 0 spiro atoms. The second kappa shape index (κ2) is 3.18. The van der Waals surface area contributed by atoms with E-state index in [-0.39, 0.29) is 0 Å². The predicted molar refractivity (Wildman–Crippen MR) is 49.5 cm³/mol. The monoisotopic (exact) mass is 194 g/mol. The van der Waals surface area contributed by atoms with E-state index in [2.05, 4.69) is 10.2 Å². The zero-order valence-electron chi connectivity index (χ0n) is 6.99. The van der Waals surface area contributed by atoms with Crippen molar-refractivity contribution in [2.45, 2.75) is 6.92 Å². The van der Waals surface area contributed by atoms with E-state index in [4.69, 9.17) is 16.0 Å². The molecule has 0 saturated carbocycles. The van der Waals surface area contributed by atoms with Crippen molar-refractivity contribution in [3.05, 3.63) is 35.2 Å². The fourth-order valence-electron chi connectivity index (χ4n) is 1.13. The van der Waals surface area contributed by atoms with Crippen LogP contribution < -0.4 is 0 Å². The molecule has 1 heterocycles. The second-order valence-corrected chi connectivity index (χ2v) is 3.06.